The lowest BCUT2D eigenvalue weighted by Crippen LogP contribution is -1.98. The molecule has 0 aliphatic rings. The van der Waals surface area contributed by atoms with Gasteiger partial charge in [-0.25, -0.2) is 0 Å². The summed E-state index contributed by atoms with van der Waals surface area (Å²) in [5.41, 5.74) is 14.5. The summed E-state index contributed by atoms with van der Waals surface area (Å²) in [6, 6.07) is 75.1. The highest BCUT2D eigenvalue weighted by Crippen LogP contribution is 2.43. The zero-order valence-electron chi connectivity index (χ0n) is 37.1. The highest BCUT2D eigenvalue weighted by atomic mass is 79.9. The topological polar surface area (TPSA) is 88.7 Å². The lowest BCUT2D eigenvalue weighted by molar-refractivity contribution is 0.672. The lowest BCUT2D eigenvalue weighted by Gasteiger charge is -2.13. The smallest absolute Gasteiger partial charge is 0.145 e. The zero-order chi connectivity index (χ0) is 46.6. The Morgan fingerprint density at radius 1 is 0.329 bits per heavy atom. The summed E-state index contributed by atoms with van der Waals surface area (Å²) in [5.74, 6) is 0. The fourth-order valence-corrected chi connectivity index (χ4v) is 11.2. The third kappa shape index (κ3) is 5.85. The molecule has 0 spiro atoms. The Morgan fingerprint density at radius 2 is 0.729 bits per heavy atom. The van der Waals surface area contributed by atoms with E-state index in [4.69, 9.17) is 8.83 Å². The van der Waals surface area contributed by atoms with Crippen molar-refractivity contribution in [2.75, 3.05) is 0 Å². The molecule has 0 saturated heterocycles. The fraction of sp³-hybridized carbons (Fsp3) is 0. The van der Waals surface area contributed by atoms with Gasteiger partial charge in [-0.15, -0.1) is 0 Å². The monoisotopic (exact) mass is 959 g/mol. The van der Waals surface area contributed by atoms with Gasteiger partial charge in [0, 0.05) is 64.6 Å². The molecule has 0 fully saturated rings. The predicted octanol–water partition coefficient (Wildman–Crippen LogP) is 17.0. The molecule has 15 rings (SSSR count). The van der Waals surface area contributed by atoms with E-state index in [0.717, 1.165) is 115 Å². The fourth-order valence-electron chi connectivity index (χ4n) is 10.9. The Bertz CT molecular complexity index is 4710. The van der Waals surface area contributed by atoms with E-state index in [0.29, 0.717) is 11.1 Å². The van der Waals surface area contributed by atoms with Gasteiger partial charge in [0.15, 0.2) is 0 Å². The van der Waals surface area contributed by atoms with Crippen molar-refractivity contribution in [1.82, 2.24) is 13.7 Å². The Hall–Kier alpha value is -9.34. The van der Waals surface area contributed by atoms with E-state index in [1.165, 1.54) is 16.3 Å². The van der Waals surface area contributed by atoms with E-state index >= 15 is 0 Å². The molecule has 70 heavy (non-hydrogen) atoms. The molecule has 0 N–H and O–H groups in total. The number of hydrogen-bond acceptors (Lipinski definition) is 4. The highest BCUT2D eigenvalue weighted by Gasteiger charge is 2.21. The van der Waals surface area contributed by atoms with Crippen molar-refractivity contribution in [2.24, 2.45) is 0 Å². The minimum Gasteiger partial charge on any atom is -0.455 e. The second kappa shape index (κ2) is 15.3. The molecule has 0 amide bonds. The molecule has 0 aliphatic carbocycles. The molecule has 326 valence electrons. The van der Waals surface area contributed by atoms with Crippen LogP contribution >= 0.6 is 15.9 Å². The van der Waals surface area contributed by atoms with E-state index in [-0.39, 0.29) is 0 Å². The Kier molecular flexibility index (Phi) is 8.72. The number of aromatic nitrogens is 3. The first kappa shape index (κ1) is 39.8. The largest absolute Gasteiger partial charge is 0.455 e. The minimum atomic E-state index is 0.588. The van der Waals surface area contributed by atoms with Gasteiger partial charge in [-0.2, -0.15) is 10.5 Å². The summed E-state index contributed by atoms with van der Waals surface area (Å²) in [6.07, 6.45) is 0. The molecule has 5 aromatic heterocycles. The molecule has 0 unspecified atom stereocenters. The molecule has 0 radical (unpaired) electrons. The summed E-state index contributed by atoms with van der Waals surface area (Å²) < 4.78 is 20.7. The van der Waals surface area contributed by atoms with Crippen LogP contribution in [0.2, 0.25) is 0 Å². The number of fused-ring (bicyclic) bond motifs is 17. The number of rotatable bonds is 3. The van der Waals surface area contributed by atoms with Crippen molar-refractivity contribution in [3.05, 3.63) is 222 Å². The highest BCUT2D eigenvalue weighted by molar-refractivity contribution is 9.10. The van der Waals surface area contributed by atoms with E-state index in [1.54, 1.807) is 0 Å². The first-order valence-electron chi connectivity index (χ1n) is 23.0. The van der Waals surface area contributed by atoms with Crippen LogP contribution in [-0.4, -0.2) is 13.7 Å². The summed E-state index contributed by atoms with van der Waals surface area (Å²) >= 11 is 3.61. The maximum atomic E-state index is 9.60. The number of hydrogen-bond donors (Lipinski definition) is 0. The van der Waals surface area contributed by atoms with Crippen molar-refractivity contribution in [3.8, 4) is 29.2 Å². The van der Waals surface area contributed by atoms with Gasteiger partial charge in [0.2, 0.25) is 0 Å². The molecule has 0 aliphatic heterocycles. The van der Waals surface area contributed by atoms with Crippen LogP contribution in [0, 0.1) is 22.7 Å². The third-order valence-electron chi connectivity index (χ3n) is 13.8. The summed E-state index contributed by atoms with van der Waals surface area (Å²) in [6.45, 7) is 0. The van der Waals surface area contributed by atoms with Gasteiger partial charge in [-0.05, 0) is 121 Å². The number of nitrogens with zero attached hydrogens (tertiary/aromatic N) is 5. The Labute approximate surface area is 407 Å². The normalized spacial score (nSPS) is 11.8. The van der Waals surface area contributed by atoms with Gasteiger partial charge in [0.1, 0.15) is 22.3 Å². The summed E-state index contributed by atoms with van der Waals surface area (Å²) in [5, 5.41) is 30.2. The minimum absolute atomic E-state index is 0.588. The summed E-state index contributed by atoms with van der Waals surface area (Å²) in [4.78, 5) is 0. The quantitative estimate of drug-likeness (QED) is 0.176. The lowest BCUT2D eigenvalue weighted by atomic mass is 10.1. The molecule has 15 aromatic rings. The maximum Gasteiger partial charge on any atom is 0.145 e. The number of benzene rings is 10. The van der Waals surface area contributed by atoms with Gasteiger partial charge in [0.05, 0.1) is 67.1 Å². The summed E-state index contributed by atoms with van der Waals surface area (Å²) in [7, 11) is 0. The van der Waals surface area contributed by atoms with Gasteiger partial charge in [-0.1, -0.05) is 101 Å². The van der Waals surface area contributed by atoms with Crippen molar-refractivity contribution in [2.45, 2.75) is 0 Å². The van der Waals surface area contributed by atoms with Gasteiger partial charge >= 0.3 is 0 Å². The second-order valence-corrected chi connectivity index (χ2v) is 18.5. The van der Waals surface area contributed by atoms with Crippen molar-refractivity contribution >= 4 is 125 Å². The van der Waals surface area contributed by atoms with Gasteiger partial charge in [0.25, 0.3) is 0 Å². The Morgan fingerprint density at radius 3 is 1.21 bits per heavy atom. The van der Waals surface area contributed by atoms with Crippen LogP contribution in [0.5, 0.6) is 0 Å². The number of para-hydroxylation sites is 4. The molecule has 0 atom stereocenters. The molecule has 5 heterocycles. The van der Waals surface area contributed by atoms with Crippen molar-refractivity contribution in [3.63, 3.8) is 0 Å². The molecule has 0 saturated carbocycles. The van der Waals surface area contributed by atoms with Crippen LogP contribution in [0.15, 0.2) is 220 Å². The predicted molar refractivity (Wildman–Crippen MR) is 288 cm³/mol. The van der Waals surface area contributed by atoms with E-state index in [9.17, 15) is 10.5 Å². The average molecular weight is 961 g/mol. The van der Waals surface area contributed by atoms with Crippen LogP contribution in [0.3, 0.4) is 0 Å². The first-order chi connectivity index (χ1) is 34.5. The van der Waals surface area contributed by atoms with E-state index < -0.39 is 0 Å². The standard InChI is InChI=1S/C38H20N4O.C24H14BrNO/c39-21-23-12-15-33-30(18-23)31-19-24(22-40)13-16-34(31)41(33)25-6-5-7-26(20-25)42-32-10-3-1-9-29(32)37-35(42)17-14-28-27-8-2-4-11-36(27)43-38(28)37;25-15-6-5-7-16(14-15)26-20-10-3-1-9-19(20)23-21(26)13-12-18-17-8-2-4-11-22(17)27-24(18)23/h1-20H;1-14H. The number of furan rings is 2. The van der Waals surface area contributed by atoms with Crippen LogP contribution < -0.4 is 0 Å². The molecular formula is C62H34BrN5O2. The van der Waals surface area contributed by atoms with Crippen molar-refractivity contribution in [1.29, 1.82) is 10.5 Å². The molecule has 7 nitrogen and oxygen atoms in total. The van der Waals surface area contributed by atoms with E-state index in [1.807, 2.05) is 66.7 Å². The number of halogens is 1. The molecule has 10 aromatic carbocycles. The third-order valence-corrected chi connectivity index (χ3v) is 14.3. The van der Waals surface area contributed by atoms with Crippen LogP contribution in [0.1, 0.15) is 11.1 Å². The van der Waals surface area contributed by atoms with E-state index in [2.05, 4.69) is 181 Å². The van der Waals surface area contributed by atoms with Gasteiger partial charge < -0.3 is 22.5 Å². The average Bonchev–Trinajstić information content (AvgIpc) is 4.22. The molecule has 0 bridgehead atoms. The van der Waals surface area contributed by atoms with Crippen molar-refractivity contribution < 1.29 is 8.83 Å². The zero-order valence-corrected chi connectivity index (χ0v) is 38.6. The molecular weight excluding hydrogens is 927 g/mol. The Balaban J connectivity index is 0.000000146. The maximum absolute atomic E-state index is 9.60. The SMILES string of the molecule is Brc1cccc(-n2c3ccccc3c3c4oc5ccccc5c4ccc32)c1.N#Cc1ccc2c(c1)c1cc(C#N)ccc1n2-c1cccc(-n2c3ccccc3c3c4oc5ccccc5c4ccc32)c1. The van der Waals surface area contributed by atoms with Gasteiger partial charge in [-0.3, -0.25) is 0 Å². The van der Waals surface area contributed by atoms with Crippen LogP contribution in [-0.2, 0) is 0 Å². The second-order valence-electron chi connectivity index (χ2n) is 17.6. The van der Waals surface area contributed by atoms with Crippen LogP contribution in [0.4, 0.5) is 0 Å². The number of nitriles is 2. The van der Waals surface area contributed by atoms with Crippen LogP contribution in [0.25, 0.3) is 126 Å². The molecule has 8 heteroatoms. The first-order valence-corrected chi connectivity index (χ1v) is 23.8.